The van der Waals surface area contributed by atoms with Crippen LogP contribution in [0.5, 0.6) is 0 Å². The second kappa shape index (κ2) is 4.62. The summed E-state index contributed by atoms with van der Waals surface area (Å²) in [5.41, 5.74) is -0.121. The van der Waals surface area contributed by atoms with Gasteiger partial charge < -0.3 is 5.11 Å². The van der Waals surface area contributed by atoms with Gasteiger partial charge in [-0.1, -0.05) is 17.7 Å². The first-order valence-corrected chi connectivity index (χ1v) is 6.83. The lowest BCUT2D eigenvalue weighted by Gasteiger charge is -2.36. The normalized spacial score (nSPS) is 17.4. The first-order chi connectivity index (χ1) is 9.09. The van der Waals surface area contributed by atoms with E-state index in [2.05, 4.69) is 4.98 Å². The Labute approximate surface area is 115 Å². The maximum absolute atomic E-state index is 12.3. The topological polar surface area (TPSA) is 55.1 Å². The van der Waals surface area contributed by atoms with Crippen molar-refractivity contribution in [1.29, 1.82) is 0 Å². The van der Waals surface area contributed by atoms with Crippen molar-refractivity contribution in [1.82, 2.24) is 9.55 Å². The fourth-order valence-corrected chi connectivity index (χ4v) is 2.73. The van der Waals surface area contributed by atoms with Gasteiger partial charge in [-0.2, -0.15) is 0 Å². The summed E-state index contributed by atoms with van der Waals surface area (Å²) in [6, 6.07) is 5.24. The molecule has 0 amide bonds. The zero-order chi connectivity index (χ0) is 13.5. The van der Waals surface area contributed by atoms with Gasteiger partial charge in [0.05, 0.1) is 27.9 Å². The van der Waals surface area contributed by atoms with E-state index in [1.165, 1.54) is 10.9 Å². The highest BCUT2D eigenvalue weighted by Gasteiger charge is 2.33. The number of aliphatic hydroxyl groups is 1. The molecule has 0 radical (unpaired) electrons. The number of hydrogen-bond acceptors (Lipinski definition) is 3. The van der Waals surface area contributed by atoms with Gasteiger partial charge in [0.1, 0.15) is 0 Å². The van der Waals surface area contributed by atoms with Gasteiger partial charge in [-0.15, -0.1) is 0 Å². The molecular formula is C14H15ClN2O2. The van der Waals surface area contributed by atoms with Crippen LogP contribution in [0.25, 0.3) is 10.9 Å². The second-order valence-corrected chi connectivity index (χ2v) is 5.61. The van der Waals surface area contributed by atoms with E-state index in [0.29, 0.717) is 28.9 Å². The van der Waals surface area contributed by atoms with Crippen LogP contribution in [0.2, 0.25) is 5.02 Å². The first-order valence-electron chi connectivity index (χ1n) is 6.45. The van der Waals surface area contributed by atoms with Gasteiger partial charge in [0.2, 0.25) is 0 Å². The van der Waals surface area contributed by atoms with Gasteiger partial charge in [0.15, 0.2) is 0 Å². The molecule has 1 heterocycles. The van der Waals surface area contributed by atoms with Gasteiger partial charge in [0.25, 0.3) is 5.56 Å². The molecule has 19 heavy (non-hydrogen) atoms. The predicted molar refractivity (Wildman–Crippen MR) is 74.4 cm³/mol. The number of benzene rings is 1. The Balaban J connectivity index is 1.94. The number of halogens is 1. The summed E-state index contributed by atoms with van der Waals surface area (Å²) in [6.45, 7) is 0.476. The van der Waals surface area contributed by atoms with E-state index in [0.717, 1.165) is 19.3 Å². The number of fused-ring (bicyclic) bond motifs is 1. The van der Waals surface area contributed by atoms with Crippen molar-refractivity contribution in [3.63, 3.8) is 0 Å². The molecule has 1 fully saturated rings. The summed E-state index contributed by atoms with van der Waals surface area (Å²) in [7, 11) is 0. The minimum Gasteiger partial charge on any atom is -0.390 e. The third-order valence-corrected chi connectivity index (χ3v) is 4.22. The number of rotatable bonds is 3. The Morgan fingerprint density at radius 2 is 2.21 bits per heavy atom. The van der Waals surface area contributed by atoms with E-state index < -0.39 is 5.60 Å². The van der Waals surface area contributed by atoms with E-state index in [1.54, 1.807) is 18.2 Å². The molecule has 0 unspecified atom stereocenters. The molecule has 1 aliphatic rings. The molecule has 2 aromatic rings. The molecule has 0 saturated heterocycles. The lowest BCUT2D eigenvalue weighted by atomic mass is 9.78. The minimum absolute atomic E-state index is 0.140. The Bertz CT molecular complexity index is 677. The molecule has 4 nitrogen and oxygen atoms in total. The molecule has 100 valence electrons. The van der Waals surface area contributed by atoms with Gasteiger partial charge >= 0.3 is 0 Å². The third kappa shape index (κ3) is 2.26. The highest BCUT2D eigenvalue weighted by molar-refractivity contribution is 6.35. The molecule has 0 spiro atoms. The van der Waals surface area contributed by atoms with E-state index in [-0.39, 0.29) is 5.56 Å². The molecule has 1 aromatic heterocycles. The number of nitrogens with zero attached hydrogens (tertiary/aromatic N) is 2. The monoisotopic (exact) mass is 278 g/mol. The first kappa shape index (κ1) is 12.6. The van der Waals surface area contributed by atoms with Crippen molar-refractivity contribution < 1.29 is 5.11 Å². The Kier molecular flexibility index (Phi) is 3.07. The van der Waals surface area contributed by atoms with Crippen molar-refractivity contribution in [2.24, 2.45) is 0 Å². The predicted octanol–water partition coefficient (Wildman–Crippen LogP) is 2.35. The zero-order valence-electron chi connectivity index (χ0n) is 10.5. The van der Waals surface area contributed by atoms with Crippen LogP contribution in [-0.2, 0) is 6.54 Å². The van der Waals surface area contributed by atoms with Crippen LogP contribution in [0.3, 0.4) is 0 Å². The highest BCUT2D eigenvalue weighted by Crippen LogP contribution is 2.34. The van der Waals surface area contributed by atoms with Crippen LogP contribution in [0.4, 0.5) is 0 Å². The fourth-order valence-electron chi connectivity index (χ4n) is 2.48. The van der Waals surface area contributed by atoms with Gasteiger partial charge in [-0.3, -0.25) is 9.36 Å². The zero-order valence-corrected chi connectivity index (χ0v) is 11.2. The largest absolute Gasteiger partial charge is 0.390 e. The number of aromatic nitrogens is 2. The molecule has 1 aliphatic carbocycles. The van der Waals surface area contributed by atoms with E-state index >= 15 is 0 Å². The molecule has 1 aromatic carbocycles. The van der Waals surface area contributed by atoms with Gasteiger partial charge in [0, 0.05) is 6.54 Å². The quantitative estimate of drug-likeness (QED) is 0.938. The van der Waals surface area contributed by atoms with Crippen LogP contribution >= 0.6 is 11.6 Å². The van der Waals surface area contributed by atoms with Crippen LogP contribution < -0.4 is 5.56 Å². The number of aryl methyl sites for hydroxylation is 1. The molecule has 3 rings (SSSR count). The highest BCUT2D eigenvalue weighted by atomic mass is 35.5. The molecule has 0 bridgehead atoms. The Morgan fingerprint density at radius 1 is 1.42 bits per heavy atom. The van der Waals surface area contributed by atoms with Crippen molar-refractivity contribution in [2.75, 3.05) is 0 Å². The molecule has 1 N–H and O–H groups in total. The summed E-state index contributed by atoms with van der Waals surface area (Å²) in [5.74, 6) is 0. The van der Waals surface area contributed by atoms with E-state index in [4.69, 9.17) is 11.6 Å². The molecule has 0 aliphatic heterocycles. The maximum Gasteiger partial charge on any atom is 0.262 e. The smallest absolute Gasteiger partial charge is 0.262 e. The summed E-state index contributed by atoms with van der Waals surface area (Å²) in [4.78, 5) is 16.6. The van der Waals surface area contributed by atoms with Crippen LogP contribution in [0, 0.1) is 0 Å². The lowest BCUT2D eigenvalue weighted by molar-refractivity contribution is -0.0434. The van der Waals surface area contributed by atoms with Gasteiger partial charge in [-0.25, -0.2) is 4.98 Å². The summed E-state index contributed by atoms with van der Waals surface area (Å²) in [5, 5.41) is 10.9. The van der Waals surface area contributed by atoms with Crippen LogP contribution in [0.1, 0.15) is 25.7 Å². The van der Waals surface area contributed by atoms with Crippen LogP contribution in [0.15, 0.2) is 29.3 Å². The average Bonchev–Trinajstić information content (AvgIpc) is 2.36. The number of hydrogen-bond donors (Lipinski definition) is 1. The summed E-state index contributed by atoms with van der Waals surface area (Å²) < 4.78 is 1.53. The minimum atomic E-state index is -0.588. The van der Waals surface area contributed by atoms with Crippen molar-refractivity contribution in [2.45, 2.75) is 37.8 Å². The molecule has 1 saturated carbocycles. The van der Waals surface area contributed by atoms with Crippen molar-refractivity contribution >= 4 is 22.5 Å². The second-order valence-electron chi connectivity index (χ2n) is 5.20. The summed E-state index contributed by atoms with van der Waals surface area (Å²) >= 11 is 6.06. The maximum atomic E-state index is 12.3. The molecular weight excluding hydrogens is 264 g/mol. The SMILES string of the molecule is O=c1c2c(Cl)cccc2ncn1CCC1(O)CCC1. The Morgan fingerprint density at radius 3 is 2.89 bits per heavy atom. The van der Waals surface area contributed by atoms with E-state index in [9.17, 15) is 9.90 Å². The molecule has 0 atom stereocenters. The van der Waals surface area contributed by atoms with Crippen molar-refractivity contribution in [3.05, 3.63) is 39.9 Å². The summed E-state index contributed by atoms with van der Waals surface area (Å²) in [6.07, 6.45) is 4.83. The van der Waals surface area contributed by atoms with Crippen LogP contribution in [-0.4, -0.2) is 20.3 Å². The Hall–Kier alpha value is -1.39. The average molecular weight is 279 g/mol. The molecule has 5 heteroatoms. The van der Waals surface area contributed by atoms with E-state index in [1.807, 2.05) is 0 Å². The fraction of sp³-hybridized carbons (Fsp3) is 0.429. The van der Waals surface area contributed by atoms with Crippen molar-refractivity contribution in [3.8, 4) is 0 Å². The van der Waals surface area contributed by atoms with Gasteiger partial charge in [-0.05, 0) is 37.8 Å². The lowest BCUT2D eigenvalue weighted by Crippen LogP contribution is -2.38. The third-order valence-electron chi connectivity index (χ3n) is 3.90. The standard InChI is InChI=1S/C14H15ClN2O2/c15-10-3-1-4-11-12(10)13(18)17(9-16-11)8-7-14(19)5-2-6-14/h1,3-4,9,19H,2,5-8H2.